The molecule has 28 heavy (non-hydrogen) atoms. The Morgan fingerprint density at radius 3 is 2.46 bits per heavy atom. The molecule has 2 aromatic carbocycles. The molecule has 0 unspecified atom stereocenters. The molecule has 1 aliphatic rings. The quantitative estimate of drug-likeness (QED) is 0.729. The van der Waals surface area contributed by atoms with Gasteiger partial charge in [0, 0.05) is 17.2 Å². The third-order valence-electron chi connectivity index (χ3n) is 4.65. The maximum absolute atomic E-state index is 13.0. The van der Waals surface area contributed by atoms with Crippen LogP contribution in [0, 0.1) is 5.82 Å². The Bertz CT molecular complexity index is 927. The molecule has 1 N–H and O–H groups in total. The third kappa shape index (κ3) is 5.12. The molecule has 0 radical (unpaired) electrons. The lowest BCUT2D eigenvalue weighted by molar-refractivity contribution is -0.116. The molecule has 0 heterocycles. The van der Waals surface area contributed by atoms with Gasteiger partial charge in [-0.05, 0) is 49.2 Å². The number of halogens is 1. The highest BCUT2D eigenvalue weighted by Gasteiger charge is 2.24. The van der Waals surface area contributed by atoms with Crippen LogP contribution in [0.5, 0.6) is 0 Å². The first kappa shape index (κ1) is 20.8. The summed E-state index contributed by atoms with van der Waals surface area (Å²) in [5.74, 6) is -0.941. The molecular formula is C20H23FN2O3S2. The number of thioether (sulfide) groups is 1. The number of carbonyl (C=O) groups is 1. The summed E-state index contributed by atoms with van der Waals surface area (Å²) in [5, 5.41) is 3.38. The van der Waals surface area contributed by atoms with E-state index in [-0.39, 0.29) is 11.4 Å². The van der Waals surface area contributed by atoms with Gasteiger partial charge < -0.3 is 5.32 Å². The lowest BCUT2D eigenvalue weighted by Gasteiger charge is -2.18. The van der Waals surface area contributed by atoms with Gasteiger partial charge in [0.15, 0.2) is 0 Å². The highest BCUT2D eigenvalue weighted by atomic mass is 32.2. The van der Waals surface area contributed by atoms with Crippen LogP contribution in [0.3, 0.4) is 0 Å². The van der Waals surface area contributed by atoms with E-state index in [0.29, 0.717) is 10.9 Å². The highest BCUT2D eigenvalue weighted by Crippen LogP contribution is 2.38. The van der Waals surface area contributed by atoms with Crippen molar-refractivity contribution in [2.45, 2.75) is 40.7 Å². The summed E-state index contributed by atoms with van der Waals surface area (Å²) in [5.41, 5.74) is 0.692. The van der Waals surface area contributed by atoms with Crippen LogP contribution in [0.15, 0.2) is 58.3 Å². The first-order valence-corrected chi connectivity index (χ1v) is 11.5. The van der Waals surface area contributed by atoms with E-state index in [0.717, 1.165) is 21.3 Å². The lowest BCUT2D eigenvalue weighted by Crippen LogP contribution is -2.35. The van der Waals surface area contributed by atoms with Crippen LogP contribution in [0.25, 0.3) is 0 Å². The van der Waals surface area contributed by atoms with Crippen molar-refractivity contribution >= 4 is 33.4 Å². The zero-order valence-corrected chi connectivity index (χ0v) is 17.2. The maximum atomic E-state index is 13.0. The predicted molar refractivity (Wildman–Crippen MR) is 109 cm³/mol. The van der Waals surface area contributed by atoms with Gasteiger partial charge in [0.2, 0.25) is 15.9 Å². The van der Waals surface area contributed by atoms with Crippen LogP contribution in [0.1, 0.15) is 25.7 Å². The molecule has 2 aromatic rings. The van der Waals surface area contributed by atoms with E-state index in [2.05, 4.69) is 5.32 Å². The van der Waals surface area contributed by atoms with E-state index in [1.165, 1.54) is 44.9 Å². The number of nitrogens with zero attached hydrogens (tertiary/aromatic N) is 1. The molecule has 1 saturated carbocycles. The van der Waals surface area contributed by atoms with Gasteiger partial charge in [-0.15, -0.1) is 11.8 Å². The number of nitrogens with one attached hydrogen (secondary N) is 1. The van der Waals surface area contributed by atoms with Crippen molar-refractivity contribution in [2.75, 3.05) is 18.9 Å². The summed E-state index contributed by atoms with van der Waals surface area (Å²) >= 11 is 1.76. The van der Waals surface area contributed by atoms with E-state index in [1.54, 1.807) is 11.8 Å². The zero-order chi connectivity index (χ0) is 20.1. The van der Waals surface area contributed by atoms with Crippen LogP contribution in [0.2, 0.25) is 0 Å². The molecular weight excluding hydrogens is 399 g/mol. The number of anilines is 1. The zero-order valence-electron chi connectivity index (χ0n) is 15.6. The molecule has 5 nitrogen and oxygen atoms in total. The summed E-state index contributed by atoms with van der Waals surface area (Å²) in [7, 11) is -2.54. The topological polar surface area (TPSA) is 66.5 Å². The number of amides is 1. The summed E-state index contributed by atoms with van der Waals surface area (Å²) < 4.78 is 39.1. The number of carbonyl (C=O) groups excluding carboxylic acids is 1. The van der Waals surface area contributed by atoms with Crippen molar-refractivity contribution in [3.63, 3.8) is 0 Å². The number of sulfonamides is 1. The summed E-state index contributed by atoms with van der Waals surface area (Å²) in [6.07, 6.45) is 4.81. The Balaban J connectivity index is 1.66. The SMILES string of the molecule is CN(CC(=O)Nc1ccccc1SC1CCCC1)S(=O)(=O)c1ccc(F)cc1. The van der Waals surface area contributed by atoms with E-state index in [9.17, 15) is 17.6 Å². The Morgan fingerprint density at radius 2 is 1.79 bits per heavy atom. The molecule has 1 amide bonds. The molecule has 0 aliphatic heterocycles. The second-order valence-electron chi connectivity index (χ2n) is 6.78. The molecule has 0 atom stereocenters. The molecule has 0 bridgehead atoms. The van der Waals surface area contributed by atoms with Crippen molar-refractivity contribution in [3.8, 4) is 0 Å². The number of hydrogen-bond acceptors (Lipinski definition) is 4. The van der Waals surface area contributed by atoms with Gasteiger partial charge in [-0.25, -0.2) is 12.8 Å². The maximum Gasteiger partial charge on any atom is 0.243 e. The second kappa shape index (κ2) is 9.07. The predicted octanol–water partition coefficient (Wildman–Crippen LogP) is 4.12. The molecule has 0 aromatic heterocycles. The monoisotopic (exact) mass is 422 g/mol. The Hall–Kier alpha value is -1.90. The fourth-order valence-corrected chi connectivity index (χ4v) is 5.58. The summed E-state index contributed by atoms with van der Waals surface area (Å²) in [6, 6.07) is 12.1. The van der Waals surface area contributed by atoms with Gasteiger partial charge in [-0.1, -0.05) is 25.0 Å². The smallest absolute Gasteiger partial charge is 0.243 e. The fourth-order valence-electron chi connectivity index (χ4n) is 3.12. The molecule has 0 spiro atoms. The first-order valence-electron chi connectivity index (χ1n) is 9.14. The molecule has 150 valence electrons. The molecule has 0 saturated heterocycles. The standard InChI is InChI=1S/C20H23FN2O3S2/c1-23(28(25,26)17-12-10-15(21)11-13-17)14-20(24)22-18-8-4-5-9-19(18)27-16-6-2-3-7-16/h4-5,8-13,16H,2-3,6-7,14H2,1H3,(H,22,24). The number of likely N-dealkylation sites (N-methyl/N-ethyl adjacent to an activating group) is 1. The number of para-hydroxylation sites is 1. The van der Waals surface area contributed by atoms with Gasteiger partial charge >= 0.3 is 0 Å². The van der Waals surface area contributed by atoms with Crippen LogP contribution < -0.4 is 5.32 Å². The van der Waals surface area contributed by atoms with E-state index >= 15 is 0 Å². The fraction of sp³-hybridized carbons (Fsp3) is 0.350. The van der Waals surface area contributed by atoms with Gasteiger partial charge in [0.05, 0.1) is 17.1 Å². The Morgan fingerprint density at radius 1 is 1.14 bits per heavy atom. The van der Waals surface area contributed by atoms with Crippen molar-refractivity contribution in [1.82, 2.24) is 4.31 Å². The third-order valence-corrected chi connectivity index (χ3v) is 7.88. The average Bonchev–Trinajstić information content (AvgIpc) is 3.16. The summed E-state index contributed by atoms with van der Waals surface area (Å²) in [6.45, 7) is -0.331. The number of rotatable bonds is 7. The average molecular weight is 423 g/mol. The van der Waals surface area contributed by atoms with Crippen molar-refractivity contribution in [1.29, 1.82) is 0 Å². The van der Waals surface area contributed by atoms with Crippen molar-refractivity contribution in [3.05, 3.63) is 54.3 Å². The Labute approximate surface area is 169 Å². The van der Waals surface area contributed by atoms with E-state index in [4.69, 9.17) is 0 Å². The van der Waals surface area contributed by atoms with Crippen LogP contribution >= 0.6 is 11.8 Å². The van der Waals surface area contributed by atoms with E-state index < -0.39 is 21.7 Å². The number of hydrogen-bond donors (Lipinski definition) is 1. The van der Waals surface area contributed by atoms with Crippen molar-refractivity contribution in [2.24, 2.45) is 0 Å². The molecule has 3 rings (SSSR count). The van der Waals surface area contributed by atoms with Crippen LogP contribution in [-0.2, 0) is 14.8 Å². The lowest BCUT2D eigenvalue weighted by atomic mass is 10.3. The molecule has 1 fully saturated rings. The van der Waals surface area contributed by atoms with Crippen LogP contribution in [0.4, 0.5) is 10.1 Å². The second-order valence-corrected chi connectivity index (χ2v) is 10.2. The van der Waals surface area contributed by atoms with Gasteiger partial charge in [0.25, 0.3) is 0 Å². The molecule has 1 aliphatic carbocycles. The normalized spacial score (nSPS) is 15.1. The van der Waals surface area contributed by atoms with Crippen LogP contribution in [-0.4, -0.2) is 37.5 Å². The molecule has 8 heteroatoms. The van der Waals surface area contributed by atoms with Gasteiger partial charge in [0.1, 0.15) is 5.82 Å². The van der Waals surface area contributed by atoms with Gasteiger partial charge in [-0.2, -0.15) is 4.31 Å². The van der Waals surface area contributed by atoms with Crippen molar-refractivity contribution < 1.29 is 17.6 Å². The van der Waals surface area contributed by atoms with E-state index in [1.807, 2.05) is 24.3 Å². The first-order chi connectivity index (χ1) is 13.4. The minimum Gasteiger partial charge on any atom is -0.324 e. The largest absolute Gasteiger partial charge is 0.324 e. The van der Waals surface area contributed by atoms with Gasteiger partial charge in [-0.3, -0.25) is 4.79 Å². The highest BCUT2D eigenvalue weighted by molar-refractivity contribution is 8.00. The minimum absolute atomic E-state index is 0.0543. The Kier molecular flexibility index (Phi) is 6.74. The minimum atomic E-state index is -3.87. The summed E-state index contributed by atoms with van der Waals surface area (Å²) in [4.78, 5) is 13.4. The number of benzene rings is 2.